The first-order chi connectivity index (χ1) is 9.65. The fourth-order valence-electron chi connectivity index (χ4n) is 4.52. The minimum Gasteiger partial charge on any atom is -0.393 e. The Morgan fingerprint density at radius 2 is 1.70 bits per heavy atom. The SMILES string of the molecule is CC(C(=O)NC1CCCCC1)N1C2CCC1CC(O)C2. The molecule has 3 aliphatic rings. The second-order valence-corrected chi connectivity index (χ2v) is 6.98. The van der Waals surface area contributed by atoms with Gasteiger partial charge in [-0.2, -0.15) is 0 Å². The molecule has 1 aliphatic carbocycles. The molecule has 2 aliphatic heterocycles. The zero-order valence-electron chi connectivity index (χ0n) is 12.6. The average Bonchev–Trinajstić information content (AvgIpc) is 2.71. The maximum atomic E-state index is 12.5. The Morgan fingerprint density at radius 1 is 1.10 bits per heavy atom. The Bertz CT molecular complexity index is 340. The van der Waals surface area contributed by atoms with E-state index in [2.05, 4.69) is 10.2 Å². The van der Waals surface area contributed by atoms with Gasteiger partial charge in [-0.1, -0.05) is 19.3 Å². The second-order valence-electron chi connectivity index (χ2n) is 6.98. The van der Waals surface area contributed by atoms with Crippen LogP contribution in [0.2, 0.25) is 0 Å². The fraction of sp³-hybridized carbons (Fsp3) is 0.938. The lowest BCUT2D eigenvalue weighted by Gasteiger charge is -2.40. The first-order valence-corrected chi connectivity index (χ1v) is 8.41. The van der Waals surface area contributed by atoms with Crippen LogP contribution in [0, 0.1) is 0 Å². The van der Waals surface area contributed by atoms with E-state index < -0.39 is 0 Å². The van der Waals surface area contributed by atoms with Crippen LogP contribution in [-0.2, 0) is 4.79 Å². The molecule has 0 radical (unpaired) electrons. The summed E-state index contributed by atoms with van der Waals surface area (Å²) in [6.07, 6.45) is 9.92. The van der Waals surface area contributed by atoms with Crippen LogP contribution in [0.15, 0.2) is 0 Å². The summed E-state index contributed by atoms with van der Waals surface area (Å²) in [7, 11) is 0. The minimum absolute atomic E-state index is 0.0399. The molecule has 114 valence electrons. The molecule has 2 saturated heterocycles. The molecule has 1 amide bonds. The van der Waals surface area contributed by atoms with Crippen molar-refractivity contribution in [3.05, 3.63) is 0 Å². The number of aliphatic hydroxyl groups is 1. The summed E-state index contributed by atoms with van der Waals surface area (Å²) in [6, 6.07) is 1.18. The first-order valence-electron chi connectivity index (χ1n) is 8.41. The van der Waals surface area contributed by atoms with E-state index in [-0.39, 0.29) is 18.1 Å². The molecule has 0 aromatic heterocycles. The van der Waals surface area contributed by atoms with E-state index in [9.17, 15) is 9.90 Å². The van der Waals surface area contributed by atoms with Gasteiger partial charge in [-0.3, -0.25) is 9.69 Å². The van der Waals surface area contributed by atoms with Crippen molar-refractivity contribution in [3.8, 4) is 0 Å². The van der Waals surface area contributed by atoms with E-state index in [0.717, 1.165) is 38.5 Å². The number of hydrogen-bond donors (Lipinski definition) is 2. The Labute approximate surface area is 121 Å². The number of carbonyl (C=O) groups excluding carboxylic acids is 1. The molecule has 3 fully saturated rings. The quantitative estimate of drug-likeness (QED) is 0.829. The van der Waals surface area contributed by atoms with Crippen molar-refractivity contribution in [1.29, 1.82) is 0 Å². The van der Waals surface area contributed by atoms with E-state index in [1.165, 1.54) is 19.3 Å². The summed E-state index contributed by atoms with van der Waals surface area (Å²) < 4.78 is 0. The van der Waals surface area contributed by atoms with Crippen LogP contribution in [0.5, 0.6) is 0 Å². The number of nitrogens with zero attached hydrogens (tertiary/aromatic N) is 1. The smallest absolute Gasteiger partial charge is 0.237 e. The number of piperidine rings is 1. The monoisotopic (exact) mass is 280 g/mol. The highest BCUT2D eigenvalue weighted by molar-refractivity contribution is 5.81. The topological polar surface area (TPSA) is 52.6 Å². The highest BCUT2D eigenvalue weighted by Gasteiger charge is 2.44. The van der Waals surface area contributed by atoms with Gasteiger partial charge in [-0.15, -0.1) is 0 Å². The van der Waals surface area contributed by atoms with E-state index >= 15 is 0 Å². The zero-order chi connectivity index (χ0) is 14.1. The van der Waals surface area contributed by atoms with Crippen molar-refractivity contribution >= 4 is 5.91 Å². The van der Waals surface area contributed by atoms with Gasteiger partial charge in [-0.05, 0) is 45.4 Å². The van der Waals surface area contributed by atoms with Gasteiger partial charge in [0.1, 0.15) is 0 Å². The lowest BCUT2D eigenvalue weighted by molar-refractivity contribution is -0.129. The van der Waals surface area contributed by atoms with E-state index in [0.29, 0.717) is 18.1 Å². The predicted molar refractivity (Wildman–Crippen MR) is 78.4 cm³/mol. The molecule has 3 unspecified atom stereocenters. The number of aliphatic hydroxyl groups excluding tert-OH is 1. The summed E-state index contributed by atoms with van der Waals surface area (Å²) in [5.74, 6) is 0.199. The first kappa shape index (κ1) is 14.3. The summed E-state index contributed by atoms with van der Waals surface area (Å²) in [5.41, 5.74) is 0. The molecule has 3 atom stereocenters. The van der Waals surface area contributed by atoms with Crippen molar-refractivity contribution in [1.82, 2.24) is 10.2 Å². The van der Waals surface area contributed by atoms with Crippen LogP contribution in [0.3, 0.4) is 0 Å². The lowest BCUT2D eigenvalue weighted by Crippen LogP contribution is -2.55. The van der Waals surface area contributed by atoms with Crippen molar-refractivity contribution in [2.75, 3.05) is 0 Å². The van der Waals surface area contributed by atoms with Crippen molar-refractivity contribution in [2.45, 2.75) is 95.0 Å². The van der Waals surface area contributed by atoms with Gasteiger partial charge in [0.05, 0.1) is 12.1 Å². The molecule has 2 N–H and O–H groups in total. The number of amides is 1. The van der Waals surface area contributed by atoms with Gasteiger partial charge >= 0.3 is 0 Å². The molecule has 2 heterocycles. The number of fused-ring (bicyclic) bond motifs is 2. The molecule has 3 rings (SSSR count). The Kier molecular flexibility index (Phi) is 4.32. The number of carbonyl (C=O) groups is 1. The van der Waals surface area contributed by atoms with Crippen LogP contribution in [-0.4, -0.2) is 46.2 Å². The number of hydrogen-bond acceptors (Lipinski definition) is 3. The third-order valence-electron chi connectivity index (χ3n) is 5.54. The highest BCUT2D eigenvalue weighted by Crippen LogP contribution is 2.37. The van der Waals surface area contributed by atoms with Crippen LogP contribution >= 0.6 is 0 Å². The lowest BCUT2D eigenvalue weighted by atomic mass is 9.94. The summed E-state index contributed by atoms with van der Waals surface area (Å²) in [4.78, 5) is 14.9. The van der Waals surface area contributed by atoms with Gasteiger partial charge in [0, 0.05) is 18.1 Å². The maximum Gasteiger partial charge on any atom is 0.237 e. The summed E-state index contributed by atoms with van der Waals surface area (Å²) >= 11 is 0. The standard InChI is InChI=1S/C16H28N2O2/c1-11(16(20)17-12-5-3-2-4-6-12)18-13-7-8-14(18)10-15(19)9-13/h11-15,19H,2-10H2,1H3,(H,17,20). The largest absolute Gasteiger partial charge is 0.393 e. The molecule has 0 aromatic rings. The van der Waals surface area contributed by atoms with E-state index in [4.69, 9.17) is 0 Å². The Balaban J connectivity index is 1.58. The molecule has 20 heavy (non-hydrogen) atoms. The minimum atomic E-state index is -0.155. The fourth-order valence-corrected chi connectivity index (χ4v) is 4.52. The van der Waals surface area contributed by atoms with Crippen LogP contribution in [0.1, 0.15) is 64.7 Å². The van der Waals surface area contributed by atoms with Crippen LogP contribution < -0.4 is 5.32 Å². The second kappa shape index (κ2) is 6.02. The molecule has 2 bridgehead atoms. The predicted octanol–water partition coefficient (Wildman–Crippen LogP) is 1.81. The zero-order valence-corrected chi connectivity index (χ0v) is 12.6. The van der Waals surface area contributed by atoms with Crippen molar-refractivity contribution < 1.29 is 9.90 Å². The summed E-state index contributed by atoms with van der Waals surface area (Å²) in [6.45, 7) is 2.04. The van der Waals surface area contributed by atoms with Gasteiger partial charge in [0.2, 0.25) is 5.91 Å². The van der Waals surface area contributed by atoms with Gasteiger partial charge in [0.15, 0.2) is 0 Å². The normalized spacial score (nSPS) is 36.8. The van der Waals surface area contributed by atoms with Crippen LogP contribution in [0.4, 0.5) is 0 Å². The maximum absolute atomic E-state index is 12.5. The highest BCUT2D eigenvalue weighted by atomic mass is 16.3. The van der Waals surface area contributed by atoms with Gasteiger partial charge in [-0.25, -0.2) is 0 Å². The van der Waals surface area contributed by atoms with E-state index in [1.807, 2.05) is 6.92 Å². The molecular weight excluding hydrogens is 252 g/mol. The number of nitrogens with one attached hydrogen (secondary N) is 1. The van der Waals surface area contributed by atoms with Crippen molar-refractivity contribution in [3.63, 3.8) is 0 Å². The summed E-state index contributed by atoms with van der Waals surface area (Å²) in [5, 5.41) is 13.1. The van der Waals surface area contributed by atoms with E-state index in [1.54, 1.807) is 0 Å². The molecule has 1 saturated carbocycles. The molecule has 0 aromatic carbocycles. The Hall–Kier alpha value is -0.610. The molecule has 0 spiro atoms. The third kappa shape index (κ3) is 2.86. The molecule has 4 nitrogen and oxygen atoms in total. The molecular formula is C16H28N2O2. The third-order valence-corrected chi connectivity index (χ3v) is 5.54. The molecule has 4 heteroatoms. The van der Waals surface area contributed by atoms with Gasteiger partial charge < -0.3 is 10.4 Å². The average molecular weight is 280 g/mol. The Morgan fingerprint density at radius 3 is 2.30 bits per heavy atom. The van der Waals surface area contributed by atoms with Gasteiger partial charge in [0.25, 0.3) is 0 Å². The number of rotatable bonds is 3. The van der Waals surface area contributed by atoms with Crippen molar-refractivity contribution in [2.24, 2.45) is 0 Å². The van der Waals surface area contributed by atoms with Crippen LogP contribution in [0.25, 0.3) is 0 Å².